The minimum Gasteiger partial charge on any atom is -0.394 e. The van der Waals surface area contributed by atoms with E-state index in [-0.39, 0.29) is 42.0 Å². The molecule has 1 aliphatic heterocycles. The predicted octanol–water partition coefficient (Wildman–Crippen LogP) is 2.27. The van der Waals surface area contributed by atoms with E-state index in [1.165, 1.54) is 6.42 Å². The van der Waals surface area contributed by atoms with Crippen LogP contribution in [0.2, 0.25) is 0 Å². The van der Waals surface area contributed by atoms with Gasteiger partial charge in [-0.25, -0.2) is 13.1 Å². The summed E-state index contributed by atoms with van der Waals surface area (Å²) in [6.45, 7) is 1.87. The van der Waals surface area contributed by atoms with E-state index in [4.69, 9.17) is 4.74 Å². The summed E-state index contributed by atoms with van der Waals surface area (Å²) in [5.74, 6) is 0.151. The van der Waals surface area contributed by atoms with Crippen molar-refractivity contribution < 1.29 is 23.1 Å². The van der Waals surface area contributed by atoms with Crippen molar-refractivity contribution in [1.82, 2.24) is 10.0 Å². The molecule has 0 bridgehead atoms. The molecule has 0 aromatic heterocycles. The van der Waals surface area contributed by atoms with E-state index >= 15 is 0 Å². The van der Waals surface area contributed by atoms with Crippen LogP contribution in [-0.4, -0.2) is 50.8 Å². The van der Waals surface area contributed by atoms with Crippen molar-refractivity contribution in [3.63, 3.8) is 0 Å². The van der Waals surface area contributed by atoms with Crippen LogP contribution in [0, 0.1) is 12.8 Å². The van der Waals surface area contributed by atoms with Gasteiger partial charge in [0.2, 0.25) is 15.9 Å². The summed E-state index contributed by atoms with van der Waals surface area (Å²) in [6, 6.07) is 6.69. The lowest BCUT2D eigenvalue weighted by molar-refractivity contribution is -0.132. The van der Waals surface area contributed by atoms with E-state index in [1.807, 2.05) is 6.07 Å². The molecule has 2 fully saturated rings. The quantitative estimate of drug-likeness (QED) is 0.578. The Morgan fingerprint density at radius 2 is 1.87 bits per heavy atom. The number of aliphatic hydroxyl groups is 1. The second kappa shape index (κ2) is 10.7. The number of aryl methyl sites for hydroxylation is 1. The van der Waals surface area contributed by atoms with E-state index in [9.17, 15) is 18.3 Å². The van der Waals surface area contributed by atoms with Crippen LogP contribution in [-0.2, 0) is 19.6 Å². The van der Waals surface area contributed by atoms with Gasteiger partial charge in [0.1, 0.15) is 6.10 Å². The van der Waals surface area contributed by atoms with Crippen LogP contribution in [0.5, 0.6) is 0 Å². The third-order valence-electron chi connectivity index (χ3n) is 6.24. The van der Waals surface area contributed by atoms with E-state index in [2.05, 4.69) is 10.0 Å². The molecule has 1 aliphatic carbocycles. The molecule has 3 atom stereocenters. The third-order valence-corrected chi connectivity index (χ3v) is 7.86. The van der Waals surface area contributed by atoms with Crippen LogP contribution in [0.3, 0.4) is 0 Å². The van der Waals surface area contributed by atoms with Crippen molar-refractivity contribution in [3.8, 4) is 0 Å². The molecule has 7 nitrogen and oxygen atoms in total. The summed E-state index contributed by atoms with van der Waals surface area (Å²) >= 11 is 0. The summed E-state index contributed by atoms with van der Waals surface area (Å²) in [5, 5.41) is 12.8. The average molecular weight is 439 g/mol. The number of aliphatic hydroxyl groups excluding tert-OH is 1. The van der Waals surface area contributed by atoms with Crippen LogP contribution in [0.4, 0.5) is 0 Å². The van der Waals surface area contributed by atoms with Gasteiger partial charge < -0.3 is 15.2 Å². The first-order valence-corrected chi connectivity index (χ1v) is 12.5. The minimum atomic E-state index is -3.56. The van der Waals surface area contributed by atoms with Gasteiger partial charge in [0.25, 0.3) is 0 Å². The fraction of sp³-hybridized carbons (Fsp3) is 0.682. The Hall–Kier alpha value is -1.48. The minimum absolute atomic E-state index is 0.0752. The van der Waals surface area contributed by atoms with Gasteiger partial charge in [-0.3, -0.25) is 4.79 Å². The molecular formula is C22H34N2O5S. The first-order chi connectivity index (χ1) is 14.4. The average Bonchev–Trinajstić information content (AvgIpc) is 2.75. The molecule has 3 rings (SSSR count). The lowest BCUT2D eigenvalue weighted by Crippen LogP contribution is -2.52. The van der Waals surface area contributed by atoms with Gasteiger partial charge in [0.15, 0.2) is 0 Å². The van der Waals surface area contributed by atoms with Gasteiger partial charge in [0, 0.05) is 12.5 Å². The highest BCUT2D eigenvalue weighted by Gasteiger charge is 2.33. The van der Waals surface area contributed by atoms with Crippen LogP contribution >= 0.6 is 0 Å². The Morgan fingerprint density at radius 3 is 2.57 bits per heavy atom. The number of hydrogen-bond donors (Lipinski definition) is 3. The molecule has 30 heavy (non-hydrogen) atoms. The molecule has 168 valence electrons. The number of benzene rings is 1. The number of amides is 1. The van der Waals surface area contributed by atoms with E-state index in [0.717, 1.165) is 38.5 Å². The van der Waals surface area contributed by atoms with Crippen molar-refractivity contribution in [1.29, 1.82) is 0 Å². The van der Waals surface area contributed by atoms with Crippen LogP contribution in [0.15, 0.2) is 29.2 Å². The number of carbonyl (C=O) groups is 1. The summed E-state index contributed by atoms with van der Waals surface area (Å²) < 4.78 is 33.6. The SMILES string of the molecule is Cc1ccccc1S(=O)(=O)NCC[C@@H]1CC[C@H](NC(=O)C2CCCCC2)[C@H](CO)O1. The molecule has 1 aromatic rings. The van der Waals surface area contributed by atoms with Crippen LogP contribution in [0.1, 0.15) is 56.9 Å². The maximum absolute atomic E-state index is 12.5. The maximum Gasteiger partial charge on any atom is 0.240 e. The molecular weight excluding hydrogens is 404 g/mol. The zero-order valence-electron chi connectivity index (χ0n) is 17.7. The Labute approximate surface area is 179 Å². The molecule has 3 N–H and O–H groups in total. The van der Waals surface area contributed by atoms with Crippen molar-refractivity contribution in [2.45, 2.75) is 81.4 Å². The van der Waals surface area contributed by atoms with Crippen LogP contribution in [0.25, 0.3) is 0 Å². The van der Waals surface area contributed by atoms with Gasteiger partial charge >= 0.3 is 0 Å². The van der Waals surface area contributed by atoms with Gasteiger partial charge in [-0.15, -0.1) is 0 Å². The molecule has 1 heterocycles. The smallest absolute Gasteiger partial charge is 0.240 e. The normalized spacial score (nSPS) is 25.7. The highest BCUT2D eigenvalue weighted by atomic mass is 32.2. The van der Waals surface area contributed by atoms with Gasteiger partial charge in [-0.05, 0) is 50.7 Å². The standard InChI is InChI=1S/C22H34N2O5S/c1-16-7-5-6-10-21(16)30(27,28)23-14-13-18-11-12-19(20(15-25)29-18)24-22(26)17-8-3-2-4-9-17/h5-7,10,17-20,23,25H,2-4,8-9,11-15H2,1H3,(H,24,26)/t18-,19-,20-/m0/s1. The Balaban J connectivity index is 1.47. The topological polar surface area (TPSA) is 105 Å². The molecule has 1 amide bonds. The first kappa shape index (κ1) is 23.2. The third kappa shape index (κ3) is 6.03. The molecule has 8 heteroatoms. The van der Waals surface area contributed by atoms with E-state index in [1.54, 1.807) is 25.1 Å². The maximum atomic E-state index is 12.5. The number of ether oxygens (including phenoxy) is 1. The predicted molar refractivity (Wildman–Crippen MR) is 114 cm³/mol. The molecule has 1 saturated heterocycles. The Morgan fingerprint density at radius 1 is 1.13 bits per heavy atom. The second-order valence-electron chi connectivity index (χ2n) is 8.46. The number of carbonyl (C=O) groups excluding carboxylic acids is 1. The van der Waals surface area contributed by atoms with Gasteiger partial charge in [0.05, 0.1) is 23.6 Å². The Bertz CT molecular complexity index is 808. The number of nitrogens with one attached hydrogen (secondary N) is 2. The van der Waals surface area contributed by atoms with Crippen molar-refractivity contribution in [3.05, 3.63) is 29.8 Å². The molecule has 1 saturated carbocycles. The Kier molecular flexibility index (Phi) is 8.27. The zero-order valence-corrected chi connectivity index (χ0v) is 18.5. The number of hydrogen-bond acceptors (Lipinski definition) is 5. The summed E-state index contributed by atoms with van der Waals surface area (Å²) in [7, 11) is -3.56. The van der Waals surface area contributed by atoms with Gasteiger partial charge in [-0.2, -0.15) is 0 Å². The first-order valence-electron chi connectivity index (χ1n) is 11.0. The van der Waals surface area contributed by atoms with E-state index in [0.29, 0.717) is 12.0 Å². The fourth-order valence-corrected chi connectivity index (χ4v) is 5.76. The van der Waals surface area contributed by atoms with Crippen molar-refractivity contribution in [2.75, 3.05) is 13.2 Å². The zero-order chi connectivity index (χ0) is 21.6. The lowest BCUT2D eigenvalue weighted by Gasteiger charge is -2.37. The molecule has 0 unspecified atom stereocenters. The molecule has 2 aliphatic rings. The highest BCUT2D eigenvalue weighted by Crippen LogP contribution is 2.26. The van der Waals surface area contributed by atoms with Crippen molar-refractivity contribution in [2.24, 2.45) is 5.92 Å². The van der Waals surface area contributed by atoms with E-state index < -0.39 is 16.1 Å². The fourth-order valence-electron chi connectivity index (χ4n) is 4.46. The number of sulfonamides is 1. The second-order valence-corrected chi connectivity index (χ2v) is 10.2. The lowest BCUT2D eigenvalue weighted by atomic mass is 9.88. The largest absolute Gasteiger partial charge is 0.394 e. The molecule has 0 radical (unpaired) electrons. The summed E-state index contributed by atoms with van der Waals surface area (Å²) in [6.07, 6.45) is 6.63. The summed E-state index contributed by atoms with van der Waals surface area (Å²) in [4.78, 5) is 12.8. The van der Waals surface area contributed by atoms with Gasteiger partial charge in [-0.1, -0.05) is 37.5 Å². The monoisotopic (exact) mass is 438 g/mol. The molecule has 0 spiro atoms. The highest BCUT2D eigenvalue weighted by molar-refractivity contribution is 7.89. The summed E-state index contributed by atoms with van der Waals surface area (Å²) in [5.41, 5.74) is 0.704. The number of rotatable bonds is 8. The van der Waals surface area contributed by atoms with Crippen molar-refractivity contribution >= 4 is 15.9 Å². The molecule has 1 aromatic carbocycles. The van der Waals surface area contributed by atoms with Crippen LogP contribution < -0.4 is 10.0 Å².